The smallest absolute Gasteiger partial charge is 0.215 e. The van der Waals surface area contributed by atoms with E-state index < -0.39 is 5.60 Å². The van der Waals surface area contributed by atoms with Crippen LogP contribution in [0.25, 0.3) is 0 Å². The van der Waals surface area contributed by atoms with Crippen molar-refractivity contribution in [1.82, 2.24) is 14.8 Å². The molecule has 0 aliphatic heterocycles. The zero-order valence-electron chi connectivity index (χ0n) is 14.4. The highest BCUT2D eigenvalue weighted by atomic mass is 32.1. The van der Waals surface area contributed by atoms with Gasteiger partial charge in [-0.2, -0.15) is 0 Å². The first kappa shape index (κ1) is 17.9. The lowest BCUT2D eigenvalue weighted by Gasteiger charge is -2.42. The minimum Gasteiger partial charge on any atom is -0.387 e. The van der Waals surface area contributed by atoms with Crippen LogP contribution in [-0.4, -0.2) is 25.5 Å². The van der Waals surface area contributed by atoms with Gasteiger partial charge in [0.05, 0.1) is 12.1 Å². The predicted molar refractivity (Wildman–Crippen MR) is 95.7 cm³/mol. The van der Waals surface area contributed by atoms with E-state index in [1.807, 2.05) is 6.07 Å². The Balaban J connectivity index is 2.15. The van der Waals surface area contributed by atoms with Crippen LogP contribution >= 0.6 is 12.2 Å². The number of hydrogen-bond acceptors (Lipinski definition) is 3. The van der Waals surface area contributed by atoms with Gasteiger partial charge in [-0.05, 0) is 42.0 Å². The predicted octanol–water partition coefficient (Wildman–Crippen LogP) is 3.99. The molecule has 0 amide bonds. The molecule has 2 rings (SSSR count). The summed E-state index contributed by atoms with van der Waals surface area (Å²) in [6.07, 6.45) is 3.22. The Morgan fingerprint density at radius 3 is 2.43 bits per heavy atom. The van der Waals surface area contributed by atoms with Crippen molar-refractivity contribution in [2.75, 3.05) is 0 Å². The van der Waals surface area contributed by atoms with E-state index in [0.717, 1.165) is 6.42 Å². The molecule has 126 valence electrons. The van der Waals surface area contributed by atoms with Gasteiger partial charge in [-0.3, -0.25) is 9.78 Å². The van der Waals surface area contributed by atoms with Gasteiger partial charge in [0.15, 0.2) is 0 Å². The maximum absolute atomic E-state index is 11.4. The van der Waals surface area contributed by atoms with Crippen LogP contribution in [0, 0.1) is 16.1 Å². The van der Waals surface area contributed by atoms with Crippen LogP contribution < -0.4 is 0 Å². The number of aliphatic hydroxyl groups is 1. The summed E-state index contributed by atoms with van der Waals surface area (Å²) in [4.78, 5) is 4.04. The second-order valence-electron chi connectivity index (χ2n) is 7.54. The molecule has 2 atom stereocenters. The first-order valence-corrected chi connectivity index (χ1v) is 8.49. The Bertz CT molecular complexity index is 671. The summed E-state index contributed by atoms with van der Waals surface area (Å²) in [6.45, 7) is 8.83. The molecule has 0 aliphatic carbocycles. The van der Waals surface area contributed by atoms with Crippen LogP contribution in [0.3, 0.4) is 0 Å². The van der Waals surface area contributed by atoms with Crippen molar-refractivity contribution in [3.63, 3.8) is 0 Å². The highest BCUT2D eigenvalue weighted by molar-refractivity contribution is 7.71. The Labute approximate surface area is 143 Å². The second kappa shape index (κ2) is 6.97. The maximum atomic E-state index is 11.4. The second-order valence-corrected chi connectivity index (χ2v) is 7.90. The molecule has 0 saturated heterocycles. The van der Waals surface area contributed by atoms with Crippen molar-refractivity contribution in [2.45, 2.75) is 52.7 Å². The summed E-state index contributed by atoms with van der Waals surface area (Å²) in [5.74, 6) is 0.360. The summed E-state index contributed by atoms with van der Waals surface area (Å²) in [5.41, 5.74) is 0.165. The Morgan fingerprint density at radius 2 is 1.91 bits per heavy atom. The van der Waals surface area contributed by atoms with Gasteiger partial charge >= 0.3 is 0 Å². The lowest BCUT2D eigenvalue weighted by Crippen LogP contribution is -2.48. The third kappa shape index (κ3) is 4.52. The molecule has 0 saturated carbocycles. The maximum Gasteiger partial charge on any atom is 0.215 e. The van der Waals surface area contributed by atoms with Crippen LogP contribution in [0.1, 0.15) is 39.7 Å². The van der Waals surface area contributed by atoms with Gasteiger partial charge in [0.1, 0.15) is 6.33 Å². The third-order valence-corrected chi connectivity index (χ3v) is 4.87. The summed E-state index contributed by atoms with van der Waals surface area (Å²) in [6, 6.07) is 10.4. The number of H-pyrrole nitrogens is 1. The zero-order chi connectivity index (χ0) is 17.1. The van der Waals surface area contributed by atoms with Crippen LogP contribution in [0.5, 0.6) is 0 Å². The Morgan fingerprint density at radius 1 is 1.26 bits per heavy atom. The molecule has 0 bridgehead atoms. The van der Waals surface area contributed by atoms with Crippen LogP contribution in [-0.2, 0) is 13.0 Å². The van der Waals surface area contributed by atoms with E-state index in [1.165, 1.54) is 5.56 Å². The van der Waals surface area contributed by atoms with E-state index >= 15 is 0 Å². The number of rotatable bonds is 6. The minimum atomic E-state index is -0.869. The number of aromatic amines is 1. The van der Waals surface area contributed by atoms with Crippen molar-refractivity contribution < 1.29 is 5.11 Å². The molecule has 1 heterocycles. The van der Waals surface area contributed by atoms with E-state index in [2.05, 4.69) is 62.0 Å². The van der Waals surface area contributed by atoms with Gasteiger partial charge in [-0.15, -0.1) is 0 Å². The highest BCUT2D eigenvalue weighted by Gasteiger charge is 2.41. The van der Waals surface area contributed by atoms with Gasteiger partial charge in [-0.1, -0.05) is 58.0 Å². The summed E-state index contributed by atoms with van der Waals surface area (Å²) in [5, 5.41) is 14.4. The van der Waals surface area contributed by atoms with Crippen LogP contribution in [0.15, 0.2) is 36.7 Å². The fraction of sp³-hybridized carbons (Fsp3) is 0.556. The first-order valence-electron chi connectivity index (χ1n) is 8.08. The average molecular weight is 334 g/mol. The van der Waals surface area contributed by atoms with Crippen LogP contribution in [0.4, 0.5) is 0 Å². The van der Waals surface area contributed by atoms with E-state index in [9.17, 15) is 5.11 Å². The molecular formula is C18H27N3OS. The standard InChI is InChI=1S/C18H27N3OS/c1-14(10-15-8-6-5-7-9-15)11-18(22,17(2,3)4)12-21-16(23)19-13-20-21/h5-9,13-14,22H,10-12H2,1-4H3,(H,19,20,23). The van der Waals surface area contributed by atoms with E-state index in [-0.39, 0.29) is 5.41 Å². The normalized spacial score (nSPS) is 16.0. The van der Waals surface area contributed by atoms with Crippen LogP contribution in [0.2, 0.25) is 0 Å². The fourth-order valence-corrected chi connectivity index (χ4v) is 3.10. The number of nitrogens with zero attached hydrogens (tertiary/aromatic N) is 2. The van der Waals surface area contributed by atoms with Crippen molar-refractivity contribution in [3.05, 3.63) is 47.0 Å². The molecule has 2 N–H and O–H groups in total. The molecule has 23 heavy (non-hydrogen) atoms. The third-order valence-electron chi connectivity index (χ3n) is 4.55. The molecule has 0 aliphatic rings. The average Bonchev–Trinajstić information content (AvgIpc) is 2.83. The SMILES string of the molecule is CC(Cc1ccccc1)CC(O)(Cn1[nH]cnc1=S)C(C)(C)C. The lowest BCUT2D eigenvalue weighted by molar-refractivity contribution is -0.0893. The number of hydrogen-bond donors (Lipinski definition) is 2. The molecule has 0 spiro atoms. The van der Waals surface area contributed by atoms with Crippen molar-refractivity contribution in [2.24, 2.45) is 11.3 Å². The molecule has 2 aromatic rings. The van der Waals surface area contributed by atoms with E-state index in [1.54, 1.807) is 11.0 Å². The summed E-state index contributed by atoms with van der Waals surface area (Å²) in [7, 11) is 0. The van der Waals surface area contributed by atoms with Gasteiger partial charge in [0.2, 0.25) is 4.77 Å². The zero-order valence-corrected chi connectivity index (χ0v) is 15.2. The highest BCUT2D eigenvalue weighted by Crippen LogP contribution is 2.37. The van der Waals surface area contributed by atoms with E-state index in [4.69, 9.17) is 12.2 Å². The minimum absolute atomic E-state index is 0.266. The molecule has 0 fully saturated rings. The van der Waals surface area contributed by atoms with Crippen molar-refractivity contribution in [3.8, 4) is 0 Å². The molecule has 2 unspecified atom stereocenters. The lowest BCUT2D eigenvalue weighted by atomic mass is 9.71. The molecule has 5 heteroatoms. The largest absolute Gasteiger partial charge is 0.387 e. The quantitative estimate of drug-likeness (QED) is 0.786. The first-order chi connectivity index (χ1) is 10.7. The summed E-state index contributed by atoms with van der Waals surface area (Å²) >= 11 is 5.20. The Kier molecular flexibility index (Phi) is 5.42. The molecule has 4 nitrogen and oxygen atoms in total. The number of aromatic nitrogens is 3. The van der Waals surface area contributed by atoms with Crippen molar-refractivity contribution in [1.29, 1.82) is 0 Å². The molecule has 1 aromatic carbocycles. The van der Waals surface area contributed by atoms with Gasteiger partial charge < -0.3 is 5.11 Å². The van der Waals surface area contributed by atoms with Crippen molar-refractivity contribution >= 4 is 12.2 Å². The van der Waals surface area contributed by atoms with E-state index in [0.29, 0.717) is 23.7 Å². The fourth-order valence-electron chi connectivity index (χ4n) is 2.93. The van der Waals surface area contributed by atoms with Gasteiger partial charge in [0.25, 0.3) is 0 Å². The van der Waals surface area contributed by atoms with Gasteiger partial charge in [0, 0.05) is 0 Å². The molecule has 1 aromatic heterocycles. The summed E-state index contributed by atoms with van der Waals surface area (Å²) < 4.78 is 2.22. The monoisotopic (exact) mass is 333 g/mol. The topological polar surface area (TPSA) is 53.8 Å². The number of nitrogens with one attached hydrogen (secondary N) is 1. The molecular weight excluding hydrogens is 306 g/mol. The Hall–Kier alpha value is -1.46. The van der Waals surface area contributed by atoms with Gasteiger partial charge in [-0.25, -0.2) is 4.98 Å². The number of benzene rings is 1. The molecule has 0 radical (unpaired) electrons.